The second kappa shape index (κ2) is 12.2. The molecular formula is C28H43N5O3. The molecule has 198 valence electrons. The molecule has 0 radical (unpaired) electrons. The lowest BCUT2D eigenvalue weighted by molar-refractivity contribution is -0.122. The van der Waals surface area contributed by atoms with Gasteiger partial charge in [-0.05, 0) is 63.3 Å². The van der Waals surface area contributed by atoms with Gasteiger partial charge in [0.2, 0.25) is 6.41 Å². The van der Waals surface area contributed by atoms with Crippen molar-refractivity contribution in [3.63, 3.8) is 0 Å². The predicted molar refractivity (Wildman–Crippen MR) is 143 cm³/mol. The third kappa shape index (κ3) is 6.85. The minimum absolute atomic E-state index is 0.130. The zero-order valence-corrected chi connectivity index (χ0v) is 21.8. The summed E-state index contributed by atoms with van der Waals surface area (Å²) in [4.78, 5) is 31.8. The third-order valence-corrected chi connectivity index (χ3v) is 8.30. The molecule has 36 heavy (non-hydrogen) atoms. The summed E-state index contributed by atoms with van der Waals surface area (Å²) in [6.07, 6.45) is 18.7. The van der Waals surface area contributed by atoms with Crippen molar-refractivity contribution in [3.8, 4) is 0 Å². The van der Waals surface area contributed by atoms with Crippen LogP contribution >= 0.6 is 0 Å². The second-order valence-corrected chi connectivity index (χ2v) is 11.0. The lowest BCUT2D eigenvalue weighted by Gasteiger charge is -2.39. The summed E-state index contributed by atoms with van der Waals surface area (Å²) in [5, 5.41) is 14.2. The van der Waals surface area contributed by atoms with Crippen molar-refractivity contribution in [2.45, 2.75) is 76.9 Å². The van der Waals surface area contributed by atoms with Gasteiger partial charge in [-0.3, -0.25) is 14.2 Å². The smallest absolute Gasteiger partial charge is 0.255 e. The number of likely N-dealkylation sites (tertiary alicyclic amines) is 1. The molecule has 4 heterocycles. The monoisotopic (exact) mass is 497 g/mol. The molecular weight excluding hydrogens is 454 g/mol. The molecule has 3 fully saturated rings. The molecule has 1 amide bonds. The number of nitrogens with zero attached hydrogens (tertiary/aromatic N) is 4. The molecule has 0 saturated carbocycles. The minimum atomic E-state index is -0.959. The second-order valence-electron chi connectivity index (χ2n) is 11.0. The Hall–Kier alpha value is -2.45. The number of aliphatic hydroxyl groups is 1. The molecule has 1 aromatic rings. The van der Waals surface area contributed by atoms with Crippen molar-refractivity contribution in [2.24, 2.45) is 5.41 Å². The Kier molecular flexibility index (Phi) is 9.01. The number of rotatable bonds is 6. The van der Waals surface area contributed by atoms with Gasteiger partial charge in [0.1, 0.15) is 5.82 Å². The molecule has 5 rings (SSSR count). The number of amides is 1. The highest BCUT2D eigenvalue weighted by Gasteiger charge is 2.37. The highest BCUT2D eigenvalue weighted by molar-refractivity contribution is 5.47. The lowest BCUT2D eigenvalue weighted by Crippen LogP contribution is -2.47. The van der Waals surface area contributed by atoms with Crippen molar-refractivity contribution in [2.75, 3.05) is 44.2 Å². The summed E-state index contributed by atoms with van der Waals surface area (Å²) in [6.45, 7) is 7.57. The van der Waals surface area contributed by atoms with Crippen LogP contribution in [0.1, 0.15) is 64.7 Å². The van der Waals surface area contributed by atoms with Crippen LogP contribution in [0.25, 0.3) is 0 Å². The first-order chi connectivity index (χ1) is 17.4. The molecule has 2 N–H and O–H groups in total. The first-order valence-corrected chi connectivity index (χ1v) is 13.7. The van der Waals surface area contributed by atoms with Gasteiger partial charge in [0.05, 0.1) is 18.5 Å². The van der Waals surface area contributed by atoms with Crippen LogP contribution in [-0.4, -0.2) is 70.8 Å². The van der Waals surface area contributed by atoms with Crippen LogP contribution in [-0.2, 0) is 11.3 Å². The van der Waals surface area contributed by atoms with Crippen LogP contribution in [0.4, 0.5) is 5.82 Å². The molecule has 0 bridgehead atoms. The molecule has 1 spiro atoms. The molecule has 3 saturated heterocycles. The summed E-state index contributed by atoms with van der Waals surface area (Å²) in [6, 6.07) is 1.59. The van der Waals surface area contributed by atoms with E-state index in [2.05, 4.69) is 40.4 Å². The maximum atomic E-state index is 12.6. The third-order valence-electron chi connectivity index (χ3n) is 8.30. The number of carbonyl (C=O) groups is 1. The van der Waals surface area contributed by atoms with Gasteiger partial charge < -0.3 is 20.2 Å². The minimum Gasteiger partial charge on any atom is -0.388 e. The number of aromatic nitrogens is 2. The molecule has 0 atom stereocenters. The Labute approximate surface area is 215 Å². The quantitative estimate of drug-likeness (QED) is 0.588. The summed E-state index contributed by atoms with van der Waals surface area (Å²) in [5.74, 6) is 0.736. The van der Waals surface area contributed by atoms with E-state index >= 15 is 0 Å². The van der Waals surface area contributed by atoms with E-state index in [9.17, 15) is 14.7 Å². The molecule has 4 aliphatic rings. The van der Waals surface area contributed by atoms with Gasteiger partial charge in [0.25, 0.3) is 5.56 Å². The summed E-state index contributed by atoms with van der Waals surface area (Å²) in [7, 11) is 0. The van der Waals surface area contributed by atoms with Gasteiger partial charge in [-0.15, -0.1) is 0 Å². The van der Waals surface area contributed by atoms with Crippen molar-refractivity contribution in [1.29, 1.82) is 0 Å². The van der Waals surface area contributed by atoms with Crippen molar-refractivity contribution < 1.29 is 9.90 Å². The van der Waals surface area contributed by atoms with Crippen molar-refractivity contribution in [3.05, 3.63) is 46.5 Å². The van der Waals surface area contributed by atoms with E-state index in [1.165, 1.54) is 42.2 Å². The van der Waals surface area contributed by atoms with E-state index in [0.29, 0.717) is 31.3 Å². The number of nitrogens with one attached hydrogen (secondary N) is 1. The molecule has 8 heteroatoms. The SMILES string of the molecule is CCCC1=CCCC=C1.O=CN1CCC(O)(Cn2cnc(N3CCC4(CCNC4)CC3)cc2=O)CC1. The number of piperidine rings is 2. The van der Waals surface area contributed by atoms with Crippen molar-refractivity contribution >= 4 is 12.2 Å². The van der Waals surface area contributed by atoms with Crippen LogP contribution in [0.15, 0.2) is 41.0 Å². The molecule has 1 aromatic heterocycles. The average molecular weight is 498 g/mol. The van der Waals surface area contributed by atoms with Gasteiger partial charge in [-0.1, -0.05) is 37.1 Å². The van der Waals surface area contributed by atoms with E-state index in [0.717, 1.165) is 51.2 Å². The first kappa shape index (κ1) is 26.6. The Morgan fingerprint density at radius 3 is 2.47 bits per heavy atom. The zero-order chi connectivity index (χ0) is 25.4. The van der Waals surface area contributed by atoms with E-state index in [-0.39, 0.29) is 12.1 Å². The number of hydrogen-bond acceptors (Lipinski definition) is 6. The van der Waals surface area contributed by atoms with E-state index < -0.39 is 5.60 Å². The van der Waals surface area contributed by atoms with Gasteiger partial charge in [0, 0.05) is 38.8 Å². The Balaban J connectivity index is 0.000000286. The largest absolute Gasteiger partial charge is 0.388 e. The molecule has 0 aromatic carbocycles. The van der Waals surface area contributed by atoms with E-state index in [1.807, 2.05) is 0 Å². The molecule has 0 unspecified atom stereocenters. The van der Waals surface area contributed by atoms with Crippen LogP contribution in [0.3, 0.4) is 0 Å². The highest BCUT2D eigenvalue weighted by atomic mass is 16.3. The van der Waals surface area contributed by atoms with Gasteiger partial charge in [0.15, 0.2) is 0 Å². The summed E-state index contributed by atoms with van der Waals surface area (Å²) in [5.41, 5.74) is 0.878. The fourth-order valence-corrected chi connectivity index (χ4v) is 5.80. The van der Waals surface area contributed by atoms with Crippen LogP contribution in [0.5, 0.6) is 0 Å². The Bertz CT molecular complexity index is 977. The van der Waals surface area contributed by atoms with Crippen molar-refractivity contribution in [1.82, 2.24) is 19.8 Å². The first-order valence-electron chi connectivity index (χ1n) is 13.7. The number of hydrogen-bond donors (Lipinski definition) is 2. The Morgan fingerprint density at radius 1 is 1.11 bits per heavy atom. The predicted octanol–water partition coefficient (Wildman–Crippen LogP) is 2.87. The number of carbonyl (C=O) groups excluding carboxylic acids is 1. The maximum Gasteiger partial charge on any atom is 0.255 e. The summed E-state index contributed by atoms with van der Waals surface area (Å²) < 4.78 is 1.49. The van der Waals surface area contributed by atoms with Gasteiger partial charge in [-0.2, -0.15) is 0 Å². The molecule has 8 nitrogen and oxygen atoms in total. The average Bonchev–Trinajstić information content (AvgIpc) is 3.35. The highest BCUT2D eigenvalue weighted by Crippen LogP contribution is 2.37. The normalized spacial score (nSPS) is 22.7. The zero-order valence-electron chi connectivity index (χ0n) is 21.8. The van der Waals surface area contributed by atoms with E-state index in [1.54, 1.807) is 17.3 Å². The lowest BCUT2D eigenvalue weighted by atomic mass is 9.78. The fraction of sp³-hybridized carbons (Fsp3) is 0.679. The fourth-order valence-electron chi connectivity index (χ4n) is 5.80. The topological polar surface area (TPSA) is 90.7 Å². The summed E-state index contributed by atoms with van der Waals surface area (Å²) >= 11 is 0. The van der Waals surface area contributed by atoms with Gasteiger partial charge in [-0.25, -0.2) is 4.98 Å². The maximum absolute atomic E-state index is 12.6. The molecule has 1 aliphatic carbocycles. The van der Waals surface area contributed by atoms with Crippen LogP contribution in [0.2, 0.25) is 0 Å². The molecule has 3 aliphatic heterocycles. The van der Waals surface area contributed by atoms with Crippen LogP contribution < -0.4 is 15.8 Å². The number of anilines is 1. The van der Waals surface area contributed by atoms with E-state index in [4.69, 9.17) is 0 Å². The standard InChI is InChI=1S/C19H29N5O3.C9H14/c25-15-22-7-4-19(27,5-8-22)13-24-14-21-16(11-17(24)26)23-9-2-18(3-10-23)1-6-20-12-18;1-2-6-9-7-4-3-5-8-9/h11,14-15,20,27H,1-10,12-13H2;4,7-8H,2-3,5-6H2,1H3. The van der Waals surface area contributed by atoms with Gasteiger partial charge >= 0.3 is 0 Å². The Morgan fingerprint density at radius 2 is 1.89 bits per heavy atom. The number of allylic oxidation sites excluding steroid dienone is 4. The van der Waals surface area contributed by atoms with Crippen LogP contribution in [0, 0.1) is 5.41 Å².